The summed E-state index contributed by atoms with van der Waals surface area (Å²) in [6.45, 7) is 9.86. The van der Waals surface area contributed by atoms with Gasteiger partial charge in [0.05, 0.1) is 12.6 Å². The number of rotatable bonds is 9. The maximum Gasteiger partial charge on any atom is 0.219 e. The molecule has 3 unspecified atom stereocenters. The Morgan fingerprint density at radius 2 is 2.17 bits per heavy atom. The van der Waals surface area contributed by atoms with E-state index in [1.807, 2.05) is 36.1 Å². The highest BCUT2D eigenvalue weighted by molar-refractivity contribution is 5.74. The van der Waals surface area contributed by atoms with Gasteiger partial charge in [-0.1, -0.05) is 12.1 Å². The van der Waals surface area contributed by atoms with Crippen LogP contribution in [-0.4, -0.2) is 97.1 Å². The van der Waals surface area contributed by atoms with E-state index < -0.39 is 6.10 Å². The molecule has 4 rings (SSSR count). The van der Waals surface area contributed by atoms with Crippen LogP contribution in [0.5, 0.6) is 5.75 Å². The smallest absolute Gasteiger partial charge is 0.219 e. The molecule has 2 fully saturated rings. The van der Waals surface area contributed by atoms with Gasteiger partial charge >= 0.3 is 0 Å². The Kier molecular flexibility index (Phi) is 8.60. The SMILES string of the molecule is CNCC(O)COc1cccc(-c2nc(NC3CCOC3)c(C)c(N3CCN(C(C)=O)CC3C)n2)c1. The monoisotopic (exact) mass is 498 g/mol. The lowest BCUT2D eigenvalue weighted by molar-refractivity contribution is -0.129. The van der Waals surface area contributed by atoms with Crippen LogP contribution in [0, 0.1) is 6.92 Å². The standard InChI is InChI=1S/C26H38N6O4/c1-17-14-31(19(3)33)9-10-32(17)26-18(2)24(28-21-8-11-35-15-21)29-25(30-26)20-6-5-7-23(12-20)36-16-22(34)13-27-4/h5-7,12,17,21-22,27,34H,8-11,13-16H2,1-4H3,(H,28,29,30). The minimum atomic E-state index is -0.597. The summed E-state index contributed by atoms with van der Waals surface area (Å²) in [4.78, 5) is 26.0. The predicted octanol–water partition coefficient (Wildman–Crippen LogP) is 1.67. The van der Waals surface area contributed by atoms with Crippen LogP contribution >= 0.6 is 0 Å². The van der Waals surface area contributed by atoms with Crippen LogP contribution < -0.4 is 20.3 Å². The number of nitrogens with one attached hydrogen (secondary N) is 2. The molecule has 36 heavy (non-hydrogen) atoms. The van der Waals surface area contributed by atoms with Crippen molar-refractivity contribution in [1.29, 1.82) is 0 Å². The molecule has 0 radical (unpaired) electrons. The van der Waals surface area contributed by atoms with Gasteiger partial charge in [0.15, 0.2) is 5.82 Å². The Balaban J connectivity index is 1.65. The van der Waals surface area contributed by atoms with E-state index in [9.17, 15) is 9.90 Å². The van der Waals surface area contributed by atoms with Gasteiger partial charge in [-0.15, -0.1) is 0 Å². The molecule has 2 saturated heterocycles. The second-order valence-electron chi connectivity index (χ2n) is 9.61. The molecular formula is C26H38N6O4. The number of aliphatic hydroxyl groups is 1. The Morgan fingerprint density at radius 3 is 2.86 bits per heavy atom. The van der Waals surface area contributed by atoms with Crippen LogP contribution in [0.1, 0.15) is 25.8 Å². The van der Waals surface area contributed by atoms with E-state index in [2.05, 4.69) is 22.5 Å². The first kappa shape index (κ1) is 26.1. The fourth-order valence-corrected chi connectivity index (χ4v) is 4.67. The molecule has 3 N–H and O–H groups in total. The zero-order valence-electron chi connectivity index (χ0n) is 21.7. The molecule has 2 aliphatic heterocycles. The van der Waals surface area contributed by atoms with Gasteiger partial charge in [0.2, 0.25) is 5.91 Å². The average Bonchev–Trinajstić information content (AvgIpc) is 3.38. The lowest BCUT2D eigenvalue weighted by Crippen LogP contribution is -2.53. The zero-order chi connectivity index (χ0) is 25.7. The molecule has 0 saturated carbocycles. The van der Waals surface area contributed by atoms with Gasteiger partial charge in [-0.05, 0) is 39.4 Å². The summed E-state index contributed by atoms with van der Waals surface area (Å²) in [5.74, 6) is 3.01. The van der Waals surface area contributed by atoms with Gasteiger partial charge in [0.1, 0.15) is 30.1 Å². The van der Waals surface area contributed by atoms with Crippen LogP contribution in [0.3, 0.4) is 0 Å². The topological polar surface area (TPSA) is 112 Å². The highest BCUT2D eigenvalue weighted by Crippen LogP contribution is 2.32. The number of amides is 1. The van der Waals surface area contributed by atoms with Crippen LogP contribution in [0.4, 0.5) is 11.6 Å². The third-order valence-corrected chi connectivity index (χ3v) is 6.71. The summed E-state index contributed by atoms with van der Waals surface area (Å²) >= 11 is 0. The summed E-state index contributed by atoms with van der Waals surface area (Å²) in [5.41, 5.74) is 1.81. The molecule has 196 valence electrons. The van der Waals surface area contributed by atoms with Gasteiger partial charge in [0.25, 0.3) is 0 Å². The normalized spacial score (nSPS) is 20.9. The second kappa shape index (κ2) is 11.9. The second-order valence-corrected chi connectivity index (χ2v) is 9.61. The van der Waals surface area contributed by atoms with Crippen molar-refractivity contribution >= 4 is 17.5 Å². The molecule has 0 spiro atoms. The summed E-state index contributed by atoms with van der Waals surface area (Å²) in [7, 11) is 1.79. The number of hydrogen-bond acceptors (Lipinski definition) is 9. The molecule has 2 aliphatic rings. The minimum Gasteiger partial charge on any atom is -0.491 e. The quantitative estimate of drug-likeness (QED) is 0.475. The summed E-state index contributed by atoms with van der Waals surface area (Å²) < 4.78 is 11.4. The van der Waals surface area contributed by atoms with E-state index in [-0.39, 0.29) is 24.6 Å². The van der Waals surface area contributed by atoms with Gasteiger partial charge in [0, 0.05) is 56.9 Å². The van der Waals surface area contributed by atoms with E-state index in [0.717, 1.165) is 35.8 Å². The lowest BCUT2D eigenvalue weighted by Gasteiger charge is -2.41. The Labute approximate surface area is 213 Å². The Morgan fingerprint density at radius 1 is 1.33 bits per heavy atom. The number of nitrogens with zero attached hydrogens (tertiary/aromatic N) is 4. The van der Waals surface area contributed by atoms with E-state index in [0.29, 0.717) is 44.4 Å². The van der Waals surface area contributed by atoms with Gasteiger partial charge in [-0.2, -0.15) is 0 Å². The Bertz CT molecular complexity index is 1050. The first-order chi connectivity index (χ1) is 17.4. The first-order valence-corrected chi connectivity index (χ1v) is 12.7. The van der Waals surface area contributed by atoms with Crippen molar-refractivity contribution in [2.45, 2.75) is 45.4 Å². The van der Waals surface area contributed by atoms with Gasteiger partial charge < -0.3 is 35.0 Å². The lowest BCUT2D eigenvalue weighted by atomic mass is 10.1. The average molecular weight is 499 g/mol. The van der Waals surface area contributed by atoms with Crippen LogP contribution in [-0.2, 0) is 9.53 Å². The van der Waals surface area contributed by atoms with E-state index in [4.69, 9.17) is 19.4 Å². The van der Waals surface area contributed by atoms with Crippen LogP contribution in [0.25, 0.3) is 11.4 Å². The van der Waals surface area contributed by atoms with Crippen molar-refractivity contribution in [1.82, 2.24) is 20.2 Å². The molecule has 0 bridgehead atoms. The van der Waals surface area contributed by atoms with Gasteiger partial charge in [-0.3, -0.25) is 4.79 Å². The molecule has 1 amide bonds. The number of ether oxygens (including phenoxy) is 2. The molecule has 3 atom stereocenters. The fourth-order valence-electron chi connectivity index (χ4n) is 4.67. The van der Waals surface area contributed by atoms with Crippen molar-refractivity contribution < 1.29 is 19.4 Å². The van der Waals surface area contributed by atoms with E-state index in [1.54, 1.807) is 14.0 Å². The number of carbonyl (C=O) groups is 1. The highest BCUT2D eigenvalue weighted by Gasteiger charge is 2.29. The molecular weight excluding hydrogens is 460 g/mol. The van der Waals surface area contributed by atoms with Crippen molar-refractivity contribution in [2.75, 3.05) is 63.3 Å². The maximum atomic E-state index is 11.9. The molecule has 1 aromatic carbocycles. The summed E-state index contributed by atoms with van der Waals surface area (Å²) in [6, 6.07) is 7.96. The number of benzene rings is 1. The zero-order valence-corrected chi connectivity index (χ0v) is 21.7. The van der Waals surface area contributed by atoms with Crippen molar-refractivity contribution in [2.24, 2.45) is 0 Å². The van der Waals surface area contributed by atoms with Crippen LogP contribution in [0.2, 0.25) is 0 Å². The van der Waals surface area contributed by atoms with E-state index >= 15 is 0 Å². The number of hydrogen-bond donors (Lipinski definition) is 3. The van der Waals surface area contributed by atoms with E-state index in [1.165, 1.54) is 0 Å². The first-order valence-electron chi connectivity index (χ1n) is 12.7. The maximum absolute atomic E-state index is 11.9. The fraction of sp³-hybridized carbons (Fsp3) is 0.577. The largest absolute Gasteiger partial charge is 0.491 e. The number of piperazine rings is 1. The van der Waals surface area contributed by atoms with Gasteiger partial charge in [-0.25, -0.2) is 9.97 Å². The third kappa shape index (κ3) is 6.24. The third-order valence-electron chi connectivity index (χ3n) is 6.71. The molecule has 2 aromatic rings. The van der Waals surface area contributed by atoms with Crippen molar-refractivity contribution in [3.8, 4) is 17.1 Å². The molecule has 10 heteroatoms. The van der Waals surface area contributed by atoms with Crippen LogP contribution in [0.15, 0.2) is 24.3 Å². The molecule has 10 nitrogen and oxygen atoms in total. The number of likely N-dealkylation sites (N-methyl/N-ethyl adjacent to an activating group) is 1. The van der Waals surface area contributed by atoms with Crippen molar-refractivity contribution in [3.05, 3.63) is 29.8 Å². The number of anilines is 2. The Hall–Kier alpha value is -2.95. The summed E-state index contributed by atoms with van der Waals surface area (Å²) in [6.07, 6.45) is 0.334. The summed E-state index contributed by atoms with van der Waals surface area (Å²) in [5, 5.41) is 16.5. The minimum absolute atomic E-state index is 0.0989. The van der Waals surface area contributed by atoms with Crippen molar-refractivity contribution in [3.63, 3.8) is 0 Å². The number of carbonyl (C=O) groups excluding carboxylic acids is 1. The molecule has 3 heterocycles. The molecule has 1 aromatic heterocycles. The number of aromatic nitrogens is 2. The number of aliphatic hydroxyl groups excluding tert-OH is 1. The highest BCUT2D eigenvalue weighted by atomic mass is 16.5. The predicted molar refractivity (Wildman–Crippen MR) is 140 cm³/mol. The molecule has 0 aliphatic carbocycles.